The summed E-state index contributed by atoms with van der Waals surface area (Å²) in [5.41, 5.74) is -1.24. The van der Waals surface area contributed by atoms with Crippen LogP contribution in [0, 0.1) is 17.0 Å². The molecule has 16 heavy (non-hydrogen) atoms. The van der Waals surface area contributed by atoms with Crippen LogP contribution in [0.3, 0.4) is 0 Å². The quantitative estimate of drug-likeness (QED) is 0.469. The number of alkyl halides is 2. The van der Waals surface area contributed by atoms with Crippen molar-refractivity contribution in [2.24, 2.45) is 0 Å². The molecule has 1 heterocycles. The lowest BCUT2D eigenvalue weighted by Crippen LogP contribution is -2.06. The van der Waals surface area contributed by atoms with Gasteiger partial charge in [0.25, 0.3) is 5.24 Å². The van der Waals surface area contributed by atoms with Gasteiger partial charge < -0.3 is 10.1 Å². The summed E-state index contributed by atoms with van der Waals surface area (Å²) in [5.74, 6) is -0.957. The first-order valence-corrected chi connectivity index (χ1v) is 4.36. The van der Waals surface area contributed by atoms with Crippen molar-refractivity contribution in [3.8, 4) is 0 Å². The van der Waals surface area contributed by atoms with Gasteiger partial charge >= 0.3 is 12.2 Å². The third kappa shape index (κ3) is 2.30. The summed E-state index contributed by atoms with van der Waals surface area (Å²) in [4.78, 5) is 23.4. The van der Waals surface area contributed by atoms with Crippen LogP contribution >= 0.6 is 11.6 Å². The summed E-state index contributed by atoms with van der Waals surface area (Å²) in [6.07, 6.45) is -2.95. The molecule has 0 aliphatic carbocycles. The molecule has 0 saturated carbocycles. The van der Waals surface area contributed by atoms with Crippen molar-refractivity contribution in [2.45, 2.75) is 13.3 Å². The van der Waals surface area contributed by atoms with Crippen molar-refractivity contribution < 1.29 is 18.5 Å². The number of aryl methyl sites for hydroxylation is 1. The molecule has 0 aliphatic heterocycles. The van der Waals surface area contributed by atoms with E-state index in [1.165, 1.54) is 6.92 Å². The van der Waals surface area contributed by atoms with Crippen molar-refractivity contribution >= 4 is 22.7 Å². The molecule has 0 spiro atoms. The second-order valence-electron chi connectivity index (χ2n) is 2.89. The van der Waals surface area contributed by atoms with Gasteiger partial charge in [0, 0.05) is 5.56 Å². The topological polar surface area (TPSA) is 73.1 Å². The number of carbonyl (C=O) groups is 1. The number of carbonyl (C=O) groups excluding carboxylic acids is 1. The maximum atomic E-state index is 12.4. The minimum absolute atomic E-state index is 0.0235. The Kier molecular flexibility index (Phi) is 3.48. The predicted octanol–water partition coefficient (Wildman–Crippen LogP) is 2.61. The Bertz CT molecular complexity index is 465. The number of hydrogen-bond donors (Lipinski definition) is 0. The van der Waals surface area contributed by atoms with Crippen LogP contribution in [-0.4, -0.2) is 15.1 Å². The van der Waals surface area contributed by atoms with Crippen LogP contribution in [0.25, 0.3) is 0 Å². The number of aromatic nitrogens is 1. The van der Waals surface area contributed by atoms with Crippen LogP contribution in [0.15, 0.2) is 6.07 Å². The molecule has 0 fully saturated rings. The van der Waals surface area contributed by atoms with Gasteiger partial charge in [0.05, 0.1) is 0 Å². The fourth-order valence-electron chi connectivity index (χ4n) is 1.12. The average molecular weight is 251 g/mol. The van der Waals surface area contributed by atoms with Gasteiger partial charge in [-0.15, -0.1) is 0 Å². The van der Waals surface area contributed by atoms with Crippen molar-refractivity contribution in [3.63, 3.8) is 0 Å². The summed E-state index contributed by atoms with van der Waals surface area (Å²) < 4.78 is 24.8. The molecule has 1 aromatic heterocycles. The molecule has 0 atom stereocenters. The first-order chi connectivity index (χ1) is 7.34. The molecule has 5 nitrogen and oxygen atoms in total. The van der Waals surface area contributed by atoms with Crippen LogP contribution in [0.4, 0.5) is 14.6 Å². The summed E-state index contributed by atoms with van der Waals surface area (Å²) in [6.45, 7) is 1.27. The third-order valence-electron chi connectivity index (χ3n) is 1.82. The SMILES string of the molecule is Cc1cc(C(=O)Cl)c([N+](=O)[O-])nc1C(F)F. The smallest absolute Gasteiger partial charge is 0.358 e. The highest BCUT2D eigenvalue weighted by Crippen LogP contribution is 2.27. The van der Waals surface area contributed by atoms with Crippen LogP contribution < -0.4 is 0 Å². The molecular weight excluding hydrogens is 246 g/mol. The van der Waals surface area contributed by atoms with Crippen molar-refractivity contribution in [1.29, 1.82) is 0 Å². The van der Waals surface area contributed by atoms with Crippen molar-refractivity contribution in [2.75, 3.05) is 0 Å². The van der Waals surface area contributed by atoms with Crippen LogP contribution in [0.1, 0.15) is 28.0 Å². The normalized spacial score (nSPS) is 10.6. The van der Waals surface area contributed by atoms with E-state index in [2.05, 4.69) is 4.98 Å². The molecule has 0 amide bonds. The Labute approximate surface area is 93.2 Å². The monoisotopic (exact) mass is 250 g/mol. The molecule has 0 saturated heterocycles. The molecule has 0 aromatic carbocycles. The molecule has 0 aliphatic rings. The van der Waals surface area contributed by atoms with E-state index in [0.29, 0.717) is 0 Å². The molecule has 0 unspecified atom stereocenters. The van der Waals surface area contributed by atoms with Gasteiger partial charge in [-0.25, -0.2) is 8.78 Å². The molecule has 86 valence electrons. The largest absolute Gasteiger partial charge is 0.376 e. The van der Waals surface area contributed by atoms with Crippen molar-refractivity contribution in [3.05, 3.63) is 33.0 Å². The van der Waals surface area contributed by atoms with Crippen LogP contribution in [0.2, 0.25) is 0 Å². The second kappa shape index (κ2) is 4.48. The Balaban J connectivity index is 3.49. The predicted molar refractivity (Wildman–Crippen MR) is 50.8 cm³/mol. The zero-order valence-corrected chi connectivity index (χ0v) is 8.66. The Morgan fingerprint density at radius 2 is 2.19 bits per heavy atom. The maximum absolute atomic E-state index is 12.4. The van der Waals surface area contributed by atoms with Gasteiger partial charge in [-0.1, -0.05) is 0 Å². The van der Waals surface area contributed by atoms with E-state index in [4.69, 9.17) is 11.6 Å². The first kappa shape index (κ1) is 12.4. The minimum Gasteiger partial charge on any atom is -0.358 e. The second-order valence-corrected chi connectivity index (χ2v) is 3.24. The minimum atomic E-state index is -2.95. The highest BCUT2D eigenvalue weighted by Gasteiger charge is 2.27. The van der Waals surface area contributed by atoms with E-state index in [9.17, 15) is 23.7 Å². The van der Waals surface area contributed by atoms with Gasteiger partial charge in [0.2, 0.25) is 5.69 Å². The highest BCUT2D eigenvalue weighted by atomic mass is 35.5. The number of nitrogens with zero attached hydrogens (tertiary/aromatic N) is 2. The van der Waals surface area contributed by atoms with Crippen LogP contribution in [-0.2, 0) is 0 Å². The molecular formula is C8H5ClF2N2O3. The number of pyridine rings is 1. The molecule has 0 N–H and O–H groups in total. The Hall–Kier alpha value is -1.63. The lowest BCUT2D eigenvalue weighted by molar-refractivity contribution is -0.390. The van der Waals surface area contributed by atoms with E-state index >= 15 is 0 Å². The Morgan fingerprint density at radius 1 is 1.62 bits per heavy atom. The van der Waals surface area contributed by atoms with Gasteiger partial charge in [-0.3, -0.25) is 4.79 Å². The third-order valence-corrected chi connectivity index (χ3v) is 2.03. The highest BCUT2D eigenvalue weighted by molar-refractivity contribution is 6.68. The Morgan fingerprint density at radius 3 is 2.56 bits per heavy atom. The molecule has 0 bridgehead atoms. The lowest BCUT2D eigenvalue weighted by Gasteiger charge is -2.02. The zero-order chi connectivity index (χ0) is 12.5. The standard InChI is InChI=1S/C8H5ClF2N2O3/c1-3-2-4(6(9)14)8(13(15)16)12-5(3)7(10)11/h2,7H,1H3. The summed E-state index contributed by atoms with van der Waals surface area (Å²) in [5, 5.41) is 9.39. The summed E-state index contributed by atoms with van der Waals surface area (Å²) in [7, 11) is 0. The molecule has 8 heteroatoms. The average Bonchev–Trinajstić information content (AvgIpc) is 2.15. The number of hydrogen-bond acceptors (Lipinski definition) is 4. The summed E-state index contributed by atoms with van der Waals surface area (Å²) >= 11 is 5.09. The zero-order valence-electron chi connectivity index (χ0n) is 7.91. The van der Waals surface area contributed by atoms with E-state index < -0.39 is 33.7 Å². The molecule has 0 radical (unpaired) electrons. The fraction of sp³-hybridized carbons (Fsp3) is 0.250. The fourth-order valence-corrected chi connectivity index (χ4v) is 1.26. The number of halogens is 3. The molecule has 1 rings (SSSR count). The van der Waals surface area contributed by atoms with Gasteiger partial charge in [0.1, 0.15) is 5.56 Å². The first-order valence-electron chi connectivity index (χ1n) is 3.98. The lowest BCUT2D eigenvalue weighted by atomic mass is 10.1. The van der Waals surface area contributed by atoms with E-state index in [1.54, 1.807) is 0 Å². The van der Waals surface area contributed by atoms with E-state index in [0.717, 1.165) is 6.07 Å². The number of nitro groups is 1. The maximum Gasteiger partial charge on any atom is 0.376 e. The molecule has 1 aromatic rings. The van der Waals surface area contributed by atoms with Gasteiger partial charge in [-0.05, 0) is 34.5 Å². The van der Waals surface area contributed by atoms with E-state index in [1.807, 2.05) is 0 Å². The van der Waals surface area contributed by atoms with Gasteiger partial charge in [-0.2, -0.15) is 0 Å². The number of rotatable bonds is 3. The van der Waals surface area contributed by atoms with Crippen molar-refractivity contribution in [1.82, 2.24) is 4.98 Å². The summed E-state index contributed by atoms with van der Waals surface area (Å²) in [6, 6.07) is 0.932. The van der Waals surface area contributed by atoms with Gasteiger partial charge in [0.15, 0.2) is 0 Å². The van der Waals surface area contributed by atoms with E-state index in [-0.39, 0.29) is 5.56 Å². The van der Waals surface area contributed by atoms with Crippen LogP contribution in [0.5, 0.6) is 0 Å².